The smallest absolute Gasteiger partial charge is 0.134 e. The van der Waals surface area contributed by atoms with E-state index in [0.717, 1.165) is 17.9 Å². The van der Waals surface area contributed by atoms with Crippen LogP contribution in [0.15, 0.2) is 17.1 Å². The highest BCUT2D eigenvalue weighted by atomic mass is 32.2. The van der Waals surface area contributed by atoms with Gasteiger partial charge in [0.05, 0.1) is 11.7 Å². The Morgan fingerprint density at radius 2 is 2.17 bits per heavy atom. The molecular formula is C12H19NO4S. The third-order valence-electron chi connectivity index (χ3n) is 3.15. The Morgan fingerprint density at radius 1 is 1.39 bits per heavy atom. The molecule has 0 spiro atoms. The highest BCUT2D eigenvalue weighted by molar-refractivity contribution is 8.14. The summed E-state index contributed by atoms with van der Waals surface area (Å²) in [5, 5.41) is 29.7. The number of aliphatic hydroxyl groups is 3. The van der Waals surface area contributed by atoms with Crippen molar-refractivity contribution in [3.05, 3.63) is 12.2 Å². The second-order valence-electron chi connectivity index (χ2n) is 4.45. The van der Waals surface area contributed by atoms with Gasteiger partial charge >= 0.3 is 0 Å². The molecule has 18 heavy (non-hydrogen) atoms. The predicted octanol–water partition coefficient (Wildman–Crippen LogP) is 0.296. The monoisotopic (exact) mass is 273 g/mol. The van der Waals surface area contributed by atoms with Crippen molar-refractivity contribution < 1.29 is 20.1 Å². The average Bonchev–Trinajstić information content (AvgIpc) is 2.77. The Kier molecular flexibility index (Phi) is 4.80. The van der Waals surface area contributed by atoms with Gasteiger partial charge in [-0.2, -0.15) is 0 Å². The van der Waals surface area contributed by atoms with Gasteiger partial charge in [-0.15, -0.1) is 0 Å². The second kappa shape index (κ2) is 6.16. The van der Waals surface area contributed by atoms with Crippen LogP contribution in [0.4, 0.5) is 0 Å². The highest BCUT2D eigenvalue weighted by Crippen LogP contribution is 2.37. The number of ether oxygens (including phenoxy) is 1. The molecule has 0 saturated carbocycles. The Balaban J connectivity index is 1.99. The summed E-state index contributed by atoms with van der Waals surface area (Å²) < 4.78 is 5.55. The zero-order valence-corrected chi connectivity index (χ0v) is 11.1. The van der Waals surface area contributed by atoms with Crippen molar-refractivity contribution in [2.24, 2.45) is 4.99 Å². The summed E-state index contributed by atoms with van der Waals surface area (Å²) in [5.74, 6) is 0. The lowest BCUT2D eigenvalue weighted by atomic mass is 9.99. The van der Waals surface area contributed by atoms with E-state index in [9.17, 15) is 10.2 Å². The lowest BCUT2D eigenvalue weighted by Gasteiger charge is -2.37. The maximum absolute atomic E-state index is 9.96. The third-order valence-corrected chi connectivity index (χ3v) is 4.36. The summed E-state index contributed by atoms with van der Waals surface area (Å²) in [7, 11) is 0. The van der Waals surface area contributed by atoms with Crippen molar-refractivity contribution in [1.82, 2.24) is 0 Å². The van der Waals surface area contributed by atoms with Crippen molar-refractivity contribution in [1.29, 1.82) is 0 Å². The summed E-state index contributed by atoms with van der Waals surface area (Å²) in [6.45, 7) is 1.67. The average molecular weight is 273 g/mol. The molecule has 3 N–H and O–H groups in total. The highest BCUT2D eigenvalue weighted by Gasteiger charge is 2.47. The quantitative estimate of drug-likeness (QED) is 0.642. The molecule has 1 fully saturated rings. The molecule has 0 aromatic carbocycles. The summed E-state index contributed by atoms with van der Waals surface area (Å²) in [6.07, 6.45) is 3.02. The van der Waals surface area contributed by atoms with Gasteiger partial charge in [0.25, 0.3) is 0 Å². The Labute approximate surface area is 111 Å². The molecule has 0 unspecified atom stereocenters. The fraction of sp³-hybridized carbons (Fsp3) is 0.750. The van der Waals surface area contributed by atoms with E-state index in [-0.39, 0.29) is 12.0 Å². The molecule has 0 aromatic heterocycles. The van der Waals surface area contributed by atoms with E-state index in [0.29, 0.717) is 0 Å². The van der Waals surface area contributed by atoms with Gasteiger partial charge in [-0.1, -0.05) is 23.9 Å². The topological polar surface area (TPSA) is 82.3 Å². The molecule has 6 heteroatoms. The molecule has 102 valence electrons. The first kappa shape index (κ1) is 14.0. The van der Waals surface area contributed by atoms with Crippen molar-refractivity contribution >= 4 is 16.8 Å². The zero-order valence-electron chi connectivity index (χ0n) is 10.3. The largest absolute Gasteiger partial charge is 0.394 e. The first-order valence-electron chi connectivity index (χ1n) is 6.14. The number of hydrogen-bond donors (Lipinski definition) is 3. The fourth-order valence-electron chi connectivity index (χ4n) is 2.13. The van der Waals surface area contributed by atoms with Crippen LogP contribution in [-0.2, 0) is 4.74 Å². The van der Waals surface area contributed by atoms with E-state index in [1.54, 1.807) is 0 Å². The lowest BCUT2D eigenvalue weighted by Crippen LogP contribution is -2.55. The van der Waals surface area contributed by atoms with Crippen molar-refractivity contribution in [3.63, 3.8) is 0 Å². The van der Waals surface area contributed by atoms with Crippen LogP contribution in [0.2, 0.25) is 0 Å². The molecule has 2 heterocycles. The summed E-state index contributed by atoms with van der Waals surface area (Å²) in [5.41, 5.74) is -0.291. The molecule has 0 bridgehead atoms. The van der Waals surface area contributed by atoms with Crippen LogP contribution in [0.3, 0.4) is 0 Å². The van der Waals surface area contributed by atoms with Gasteiger partial charge in [-0.25, -0.2) is 0 Å². The van der Waals surface area contributed by atoms with E-state index in [1.807, 2.05) is 13.0 Å². The number of aliphatic hydroxyl groups excluding tert-OH is 3. The van der Waals surface area contributed by atoms with Crippen LogP contribution in [0.25, 0.3) is 0 Å². The molecular weight excluding hydrogens is 254 g/mol. The maximum atomic E-state index is 9.96. The van der Waals surface area contributed by atoms with Gasteiger partial charge in [0.2, 0.25) is 0 Å². The van der Waals surface area contributed by atoms with Gasteiger partial charge in [0, 0.05) is 0 Å². The molecule has 2 aliphatic heterocycles. The summed E-state index contributed by atoms with van der Waals surface area (Å²) >= 11 is 1.48. The number of hydrogen-bond acceptors (Lipinski definition) is 6. The lowest BCUT2D eigenvalue weighted by molar-refractivity contribution is -0.164. The van der Waals surface area contributed by atoms with Crippen LogP contribution in [0.1, 0.15) is 19.8 Å². The minimum Gasteiger partial charge on any atom is -0.394 e. The van der Waals surface area contributed by atoms with E-state index < -0.39 is 24.4 Å². The minimum absolute atomic E-state index is 0.291. The van der Waals surface area contributed by atoms with Crippen LogP contribution in [0.5, 0.6) is 0 Å². The Morgan fingerprint density at radius 3 is 2.83 bits per heavy atom. The predicted molar refractivity (Wildman–Crippen MR) is 70.6 cm³/mol. The van der Waals surface area contributed by atoms with Crippen molar-refractivity contribution in [2.45, 2.75) is 49.6 Å². The molecule has 0 amide bonds. The Bertz CT molecular complexity index is 347. The second-order valence-corrected chi connectivity index (χ2v) is 5.62. The first-order chi connectivity index (χ1) is 8.67. The van der Waals surface area contributed by atoms with E-state index in [4.69, 9.17) is 9.84 Å². The van der Waals surface area contributed by atoms with Crippen LogP contribution < -0.4 is 0 Å². The minimum atomic E-state index is -1.07. The van der Waals surface area contributed by atoms with E-state index in [2.05, 4.69) is 11.1 Å². The molecule has 0 radical (unpaired) electrons. The normalized spacial score (nSPS) is 40.0. The molecule has 5 atom stereocenters. The van der Waals surface area contributed by atoms with Gasteiger partial charge < -0.3 is 20.1 Å². The zero-order chi connectivity index (χ0) is 13.1. The van der Waals surface area contributed by atoms with Crippen LogP contribution in [-0.4, -0.2) is 56.8 Å². The van der Waals surface area contributed by atoms with Crippen molar-refractivity contribution in [2.75, 3.05) is 6.61 Å². The molecule has 0 aromatic rings. The van der Waals surface area contributed by atoms with Crippen molar-refractivity contribution in [3.8, 4) is 0 Å². The number of nitrogens with zero attached hydrogens (tertiary/aromatic N) is 1. The van der Waals surface area contributed by atoms with Crippen LogP contribution >= 0.6 is 11.8 Å². The molecule has 0 aliphatic carbocycles. The van der Waals surface area contributed by atoms with Gasteiger partial charge in [-0.05, 0) is 19.8 Å². The van der Waals surface area contributed by atoms with Gasteiger partial charge in [0.15, 0.2) is 0 Å². The van der Waals surface area contributed by atoms with Gasteiger partial charge in [-0.3, -0.25) is 4.99 Å². The SMILES string of the molecule is CC=CCCC1=N[C@@H]2[C@@H](O)[C@H](O)[C@@H](CO)O[C@@H]2S1. The molecule has 5 nitrogen and oxygen atoms in total. The number of allylic oxidation sites excluding steroid dienone is 2. The summed E-state index contributed by atoms with van der Waals surface area (Å²) in [4.78, 5) is 4.41. The number of rotatable bonds is 4. The molecule has 2 rings (SSSR count). The molecule has 2 aliphatic rings. The Hall–Kier alpha value is -0.400. The van der Waals surface area contributed by atoms with E-state index >= 15 is 0 Å². The third kappa shape index (κ3) is 2.78. The van der Waals surface area contributed by atoms with Crippen LogP contribution in [0, 0.1) is 0 Å². The fourth-order valence-corrected chi connectivity index (χ4v) is 3.38. The number of aliphatic imine (C=N–C) groups is 1. The van der Waals surface area contributed by atoms with Gasteiger partial charge in [0.1, 0.15) is 29.8 Å². The first-order valence-corrected chi connectivity index (χ1v) is 7.02. The maximum Gasteiger partial charge on any atom is 0.134 e. The summed E-state index contributed by atoms with van der Waals surface area (Å²) in [6, 6.07) is -0.423. The number of thioether (sulfide) groups is 1. The molecule has 1 saturated heterocycles. The standard InChI is InChI=1S/C12H19NO4S/c1-2-3-4-5-8-13-9-11(16)10(15)7(6-14)17-12(9)18-8/h2-3,7,9-12,14-16H,4-6H2,1H3/t7-,9-,10-,11-,12-/m1/s1. The van der Waals surface area contributed by atoms with E-state index in [1.165, 1.54) is 11.8 Å². The number of fused-ring (bicyclic) bond motifs is 1.